The highest BCUT2D eigenvalue weighted by atomic mass is 32.1. The van der Waals surface area contributed by atoms with Crippen LogP contribution in [-0.2, 0) is 0 Å². The van der Waals surface area contributed by atoms with Crippen LogP contribution in [-0.4, -0.2) is 29.1 Å². The average molecular weight is 293 g/mol. The Labute approximate surface area is 119 Å². The zero-order chi connectivity index (χ0) is 14.1. The van der Waals surface area contributed by atoms with Crippen LogP contribution < -0.4 is 10.1 Å². The summed E-state index contributed by atoms with van der Waals surface area (Å²) in [7, 11) is 0. The monoisotopic (exact) mass is 293 g/mol. The average Bonchev–Trinajstić information content (AvgIpc) is 2.78. The molecule has 0 aliphatic carbocycles. The van der Waals surface area contributed by atoms with Gasteiger partial charge in [0, 0.05) is 18.7 Å². The second-order valence-electron chi connectivity index (χ2n) is 4.86. The van der Waals surface area contributed by atoms with E-state index in [0.29, 0.717) is 5.75 Å². The molecule has 1 aliphatic heterocycles. The van der Waals surface area contributed by atoms with E-state index in [0.717, 1.165) is 41.2 Å². The van der Waals surface area contributed by atoms with E-state index in [9.17, 15) is 10.1 Å². The van der Waals surface area contributed by atoms with E-state index in [4.69, 9.17) is 4.74 Å². The van der Waals surface area contributed by atoms with E-state index in [2.05, 4.69) is 10.3 Å². The molecule has 106 valence electrons. The number of hydrogen-bond donors (Lipinski definition) is 1. The van der Waals surface area contributed by atoms with Gasteiger partial charge in [0.15, 0.2) is 5.75 Å². The molecule has 1 fully saturated rings. The maximum absolute atomic E-state index is 11.2. The third-order valence-corrected chi connectivity index (χ3v) is 4.25. The van der Waals surface area contributed by atoms with Gasteiger partial charge in [-0.1, -0.05) is 0 Å². The van der Waals surface area contributed by atoms with Crippen LogP contribution >= 0.6 is 11.3 Å². The number of thiazole rings is 1. The molecule has 1 aliphatic rings. The molecule has 0 saturated carbocycles. The number of aryl methyl sites for hydroxylation is 1. The van der Waals surface area contributed by atoms with E-state index in [1.54, 1.807) is 12.1 Å². The predicted octanol–water partition coefficient (Wildman–Crippen LogP) is 2.64. The van der Waals surface area contributed by atoms with E-state index < -0.39 is 0 Å². The summed E-state index contributed by atoms with van der Waals surface area (Å²) in [6.07, 6.45) is 1.93. The highest BCUT2D eigenvalue weighted by molar-refractivity contribution is 7.18. The number of nitro benzene ring substituents is 1. The normalized spacial score (nSPS) is 19.1. The Balaban J connectivity index is 1.97. The largest absolute Gasteiger partial charge is 0.482 e. The van der Waals surface area contributed by atoms with E-state index in [1.165, 1.54) is 11.3 Å². The molecule has 1 N–H and O–H groups in total. The third-order valence-electron chi connectivity index (χ3n) is 3.32. The smallest absolute Gasteiger partial charge is 0.312 e. The van der Waals surface area contributed by atoms with Gasteiger partial charge in [0.05, 0.1) is 20.1 Å². The predicted molar refractivity (Wildman–Crippen MR) is 77.5 cm³/mol. The lowest BCUT2D eigenvalue weighted by molar-refractivity contribution is -0.385. The Kier molecular flexibility index (Phi) is 3.54. The maximum Gasteiger partial charge on any atom is 0.312 e. The fraction of sp³-hybridized carbons (Fsp3) is 0.462. The van der Waals surface area contributed by atoms with E-state index in [-0.39, 0.29) is 16.7 Å². The van der Waals surface area contributed by atoms with Crippen molar-refractivity contribution in [2.75, 3.05) is 13.1 Å². The minimum Gasteiger partial charge on any atom is -0.482 e. The van der Waals surface area contributed by atoms with E-state index in [1.807, 2.05) is 6.92 Å². The van der Waals surface area contributed by atoms with Crippen molar-refractivity contribution in [1.29, 1.82) is 0 Å². The fourth-order valence-electron chi connectivity index (χ4n) is 2.40. The van der Waals surface area contributed by atoms with Gasteiger partial charge in [0.25, 0.3) is 0 Å². The van der Waals surface area contributed by atoms with Crippen LogP contribution in [0, 0.1) is 17.0 Å². The molecule has 1 saturated heterocycles. The first-order chi connectivity index (χ1) is 9.63. The Morgan fingerprint density at radius 2 is 2.40 bits per heavy atom. The Hall–Kier alpha value is -1.73. The number of aromatic nitrogens is 1. The molecular formula is C13H15N3O3S. The van der Waals surface area contributed by atoms with Crippen molar-refractivity contribution >= 4 is 27.2 Å². The van der Waals surface area contributed by atoms with Gasteiger partial charge in [-0.15, -0.1) is 11.3 Å². The highest BCUT2D eigenvalue weighted by Gasteiger charge is 2.22. The molecule has 2 aromatic rings. The molecule has 1 unspecified atom stereocenters. The zero-order valence-electron chi connectivity index (χ0n) is 11.1. The summed E-state index contributed by atoms with van der Waals surface area (Å²) in [6, 6.07) is 3.25. The molecule has 1 aromatic heterocycles. The number of fused-ring (bicyclic) bond motifs is 1. The lowest BCUT2D eigenvalue weighted by Gasteiger charge is -2.23. The molecule has 0 bridgehead atoms. The van der Waals surface area contributed by atoms with Gasteiger partial charge in [-0.25, -0.2) is 4.98 Å². The van der Waals surface area contributed by atoms with Crippen molar-refractivity contribution in [2.45, 2.75) is 25.9 Å². The molecule has 6 nitrogen and oxygen atoms in total. The van der Waals surface area contributed by atoms with Gasteiger partial charge in [0.2, 0.25) is 0 Å². The standard InChI is InChI=1S/C13H15N3O3S/c1-8-15-10-5-12(19-9-3-2-4-14-7-9)11(16(17)18)6-13(10)20-8/h5-6,9,14H,2-4,7H2,1H3. The van der Waals surface area contributed by atoms with Crippen molar-refractivity contribution < 1.29 is 9.66 Å². The molecule has 0 spiro atoms. The minimum absolute atomic E-state index is 0.0142. The molecule has 3 rings (SSSR count). The summed E-state index contributed by atoms with van der Waals surface area (Å²) >= 11 is 1.46. The lowest BCUT2D eigenvalue weighted by Crippen LogP contribution is -2.37. The second-order valence-corrected chi connectivity index (χ2v) is 6.10. The minimum atomic E-state index is -0.389. The number of ether oxygens (including phenoxy) is 1. The first kappa shape index (κ1) is 13.3. The molecule has 1 aromatic carbocycles. The molecule has 20 heavy (non-hydrogen) atoms. The number of nitrogens with zero attached hydrogens (tertiary/aromatic N) is 2. The maximum atomic E-state index is 11.2. The van der Waals surface area contributed by atoms with Crippen LogP contribution in [0.1, 0.15) is 17.8 Å². The van der Waals surface area contributed by atoms with Gasteiger partial charge < -0.3 is 10.1 Å². The SMILES string of the molecule is Cc1nc2cc(OC3CCCNC3)c([N+](=O)[O-])cc2s1. The molecule has 2 heterocycles. The number of rotatable bonds is 3. The zero-order valence-corrected chi connectivity index (χ0v) is 11.9. The quantitative estimate of drug-likeness (QED) is 0.695. The van der Waals surface area contributed by atoms with Crippen molar-refractivity contribution in [3.05, 3.63) is 27.3 Å². The van der Waals surface area contributed by atoms with Gasteiger partial charge >= 0.3 is 5.69 Å². The summed E-state index contributed by atoms with van der Waals surface area (Å²) in [5.41, 5.74) is 0.781. The molecule has 1 atom stereocenters. The number of nitrogens with one attached hydrogen (secondary N) is 1. The van der Waals surface area contributed by atoms with Gasteiger partial charge in [0.1, 0.15) is 6.10 Å². The van der Waals surface area contributed by atoms with Crippen LogP contribution in [0.5, 0.6) is 5.75 Å². The van der Waals surface area contributed by atoms with Crippen LogP contribution in [0.2, 0.25) is 0 Å². The molecule has 0 amide bonds. The molecule has 0 radical (unpaired) electrons. The highest BCUT2D eigenvalue weighted by Crippen LogP contribution is 2.35. The third kappa shape index (κ3) is 2.59. The van der Waals surface area contributed by atoms with Crippen molar-refractivity contribution in [3.8, 4) is 5.75 Å². The molecular weight excluding hydrogens is 278 g/mol. The Bertz CT molecular complexity index is 650. The first-order valence-electron chi connectivity index (χ1n) is 6.56. The van der Waals surface area contributed by atoms with Gasteiger partial charge in [-0.05, 0) is 26.3 Å². The number of benzene rings is 1. The Morgan fingerprint density at radius 3 is 3.10 bits per heavy atom. The summed E-state index contributed by atoms with van der Waals surface area (Å²) in [5.74, 6) is 0.321. The molecule has 7 heteroatoms. The van der Waals surface area contributed by atoms with Crippen LogP contribution in [0.4, 0.5) is 5.69 Å². The Morgan fingerprint density at radius 1 is 1.55 bits per heavy atom. The van der Waals surface area contributed by atoms with Crippen molar-refractivity contribution in [2.24, 2.45) is 0 Å². The first-order valence-corrected chi connectivity index (χ1v) is 7.38. The number of hydrogen-bond acceptors (Lipinski definition) is 6. The number of nitro groups is 1. The van der Waals surface area contributed by atoms with Gasteiger partial charge in [-0.2, -0.15) is 0 Å². The van der Waals surface area contributed by atoms with E-state index >= 15 is 0 Å². The second kappa shape index (κ2) is 5.34. The van der Waals surface area contributed by atoms with Gasteiger partial charge in [-0.3, -0.25) is 10.1 Å². The topological polar surface area (TPSA) is 77.3 Å². The van der Waals surface area contributed by atoms with Crippen molar-refractivity contribution in [1.82, 2.24) is 10.3 Å². The van der Waals surface area contributed by atoms with Crippen LogP contribution in [0.3, 0.4) is 0 Å². The summed E-state index contributed by atoms with van der Waals surface area (Å²) in [6.45, 7) is 3.60. The summed E-state index contributed by atoms with van der Waals surface area (Å²) < 4.78 is 6.65. The summed E-state index contributed by atoms with van der Waals surface area (Å²) in [5, 5.41) is 15.3. The fourth-order valence-corrected chi connectivity index (χ4v) is 3.24. The van der Waals surface area contributed by atoms with Crippen LogP contribution in [0.15, 0.2) is 12.1 Å². The van der Waals surface area contributed by atoms with Crippen LogP contribution in [0.25, 0.3) is 10.2 Å². The number of piperidine rings is 1. The van der Waals surface area contributed by atoms with Crippen molar-refractivity contribution in [3.63, 3.8) is 0 Å². The summed E-state index contributed by atoms with van der Waals surface area (Å²) in [4.78, 5) is 15.2. The lowest BCUT2D eigenvalue weighted by atomic mass is 10.1.